The average Bonchev–Trinajstić information content (AvgIpc) is 3.43. The summed E-state index contributed by atoms with van der Waals surface area (Å²) in [5, 5.41) is 0. The van der Waals surface area contributed by atoms with Crippen molar-refractivity contribution in [1.29, 1.82) is 0 Å². The second kappa shape index (κ2) is 10.0. The van der Waals surface area contributed by atoms with Crippen molar-refractivity contribution in [2.24, 2.45) is 0 Å². The Balaban J connectivity index is 1.45. The molecule has 2 fully saturated rings. The van der Waals surface area contributed by atoms with Crippen LogP contribution in [0.25, 0.3) is 11.4 Å². The van der Waals surface area contributed by atoms with Crippen molar-refractivity contribution in [3.8, 4) is 22.9 Å². The Kier molecular flexibility index (Phi) is 6.68. The zero-order valence-corrected chi connectivity index (χ0v) is 20.3. The second-order valence-electron chi connectivity index (χ2n) is 9.11. The van der Waals surface area contributed by atoms with E-state index < -0.39 is 5.41 Å². The van der Waals surface area contributed by atoms with Crippen LogP contribution in [0.4, 0.5) is 0 Å². The summed E-state index contributed by atoms with van der Waals surface area (Å²) in [4.78, 5) is 25.7. The molecule has 182 valence electrons. The van der Waals surface area contributed by atoms with Crippen molar-refractivity contribution in [1.82, 2.24) is 14.9 Å². The van der Waals surface area contributed by atoms with Gasteiger partial charge in [0.2, 0.25) is 5.91 Å². The first-order valence-electron chi connectivity index (χ1n) is 12.2. The number of nitrogens with zero attached hydrogens (tertiary/aromatic N) is 3. The number of methoxy groups -OCH3 is 2. The molecule has 35 heavy (non-hydrogen) atoms. The van der Waals surface area contributed by atoms with Crippen molar-refractivity contribution >= 4 is 5.91 Å². The van der Waals surface area contributed by atoms with Crippen LogP contribution < -0.4 is 9.47 Å². The molecule has 3 heterocycles. The third-order valence-electron chi connectivity index (χ3n) is 7.28. The van der Waals surface area contributed by atoms with Gasteiger partial charge >= 0.3 is 0 Å². The minimum absolute atomic E-state index is 0.0690. The topological polar surface area (TPSA) is 73.8 Å². The molecule has 2 saturated heterocycles. The number of carbonyl (C=O) groups excluding carboxylic acids is 1. The first-order chi connectivity index (χ1) is 17.1. The predicted octanol–water partition coefficient (Wildman–Crippen LogP) is 4.57. The van der Waals surface area contributed by atoms with Gasteiger partial charge in [0.05, 0.1) is 31.4 Å². The first-order valence-corrected chi connectivity index (χ1v) is 12.2. The summed E-state index contributed by atoms with van der Waals surface area (Å²) < 4.78 is 16.3. The minimum atomic E-state index is -0.598. The molecule has 0 aliphatic carbocycles. The number of ether oxygens (including phenoxy) is 3. The van der Waals surface area contributed by atoms with E-state index in [1.807, 2.05) is 59.5 Å². The summed E-state index contributed by atoms with van der Waals surface area (Å²) in [6, 6.07) is 17.5. The van der Waals surface area contributed by atoms with Gasteiger partial charge in [0.25, 0.3) is 0 Å². The van der Waals surface area contributed by atoms with Crippen molar-refractivity contribution in [3.63, 3.8) is 0 Å². The summed E-state index contributed by atoms with van der Waals surface area (Å²) in [5.41, 5.74) is 2.23. The Labute approximate surface area is 206 Å². The Hall–Kier alpha value is -3.45. The van der Waals surface area contributed by atoms with Crippen LogP contribution in [0.15, 0.2) is 60.8 Å². The zero-order chi connectivity index (χ0) is 24.3. The summed E-state index contributed by atoms with van der Waals surface area (Å²) in [6.45, 7) is 1.88. The third kappa shape index (κ3) is 4.48. The van der Waals surface area contributed by atoms with E-state index >= 15 is 0 Å². The van der Waals surface area contributed by atoms with Crippen LogP contribution in [0, 0.1) is 0 Å². The summed E-state index contributed by atoms with van der Waals surface area (Å²) in [7, 11) is 3.30. The van der Waals surface area contributed by atoms with E-state index in [1.54, 1.807) is 20.4 Å². The second-order valence-corrected chi connectivity index (χ2v) is 9.11. The van der Waals surface area contributed by atoms with E-state index in [0.717, 1.165) is 47.7 Å². The lowest BCUT2D eigenvalue weighted by Crippen LogP contribution is -2.49. The largest absolute Gasteiger partial charge is 0.497 e. The number of hydrogen-bond donors (Lipinski definition) is 0. The monoisotopic (exact) mass is 473 g/mol. The number of carbonyl (C=O) groups is 1. The van der Waals surface area contributed by atoms with Gasteiger partial charge in [-0.05, 0) is 73.7 Å². The number of hydrogen-bond acceptors (Lipinski definition) is 6. The van der Waals surface area contributed by atoms with Crippen molar-refractivity contribution < 1.29 is 19.0 Å². The minimum Gasteiger partial charge on any atom is -0.497 e. The summed E-state index contributed by atoms with van der Waals surface area (Å²) in [5.74, 6) is 2.39. The normalized spacial score (nSPS) is 19.4. The predicted molar refractivity (Wildman–Crippen MR) is 132 cm³/mol. The summed E-state index contributed by atoms with van der Waals surface area (Å²) >= 11 is 0. The molecule has 1 aromatic heterocycles. The van der Waals surface area contributed by atoms with Crippen LogP contribution in [-0.4, -0.2) is 54.8 Å². The van der Waals surface area contributed by atoms with Gasteiger partial charge in [-0.1, -0.05) is 12.1 Å². The number of rotatable bonds is 6. The van der Waals surface area contributed by atoms with Gasteiger partial charge in [0.1, 0.15) is 11.5 Å². The van der Waals surface area contributed by atoms with E-state index in [4.69, 9.17) is 19.2 Å². The van der Waals surface area contributed by atoms with E-state index in [2.05, 4.69) is 4.98 Å². The Morgan fingerprint density at radius 3 is 2.29 bits per heavy atom. The number of aromatic nitrogens is 2. The van der Waals surface area contributed by atoms with E-state index in [-0.39, 0.29) is 11.9 Å². The standard InChI is InChI=1S/C28H31N3O4/c1-33-22-9-5-20(6-10-22)26-29-16-13-24(30-26)25-4-3-17-31(25)27(32)28(14-18-35-19-15-28)21-7-11-23(34-2)12-8-21/h5-13,16,25H,3-4,14-15,17-19H2,1-2H3/t25-/m1/s1. The van der Waals surface area contributed by atoms with Gasteiger partial charge in [-0.3, -0.25) is 4.79 Å². The lowest BCUT2D eigenvalue weighted by molar-refractivity contribution is -0.142. The molecule has 3 aromatic rings. The Bertz CT molecular complexity index is 1160. The molecular formula is C28H31N3O4. The molecule has 0 saturated carbocycles. The lowest BCUT2D eigenvalue weighted by Gasteiger charge is -2.40. The van der Waals surface area contributed by atoms with Crippen LogP contribution in [0.5, 0.6) is 11.5 Å². The van der Waals surface area contributed by atoms with Crippen LogP contribution in [0.3, 0.4) is 0 Å². The van der Waals surface area contributed by atoms with Crippen LogP contribution in [-0.2, 0) is 14.9 Å². The molecule has 2 aromatic carbocycles. The molecule has 0 radical (unpaired) electrons. The van der Waals surface area contributed by atoms with Gasteiger partial charge in [-0.2, -0.15) is 0 Å². The molecule has 7 heteroatoms. The molecule has 0 bridgehead atoms. The van der Waals surface area contributed by atoms with Crippen molar-refractivity contribution in [3.05, 3.63) is 72.1 Å². The van der Waals surface area contributed by atoms with Crippen molar-refractivity contribution in [2.45, 2.75) is 37.1 Å². The molecular weight excluding hydrogens is 442 g/mol. The highest BCUT2D eigenvalue weighted by Gasteiger charge is 2.47. The Morgan fingerprint density at radius 2 is 1.63 bits per heavy atom. The maximum absolute atomic E-state index is 14.3. The fourth-order valence-electron chi connectivity index (χ4n) is 5.29. The fraction of sp³-hybridized carbons (Fsp3) is 0.393. The van der Waals surface area contributed by atoms with Gasteiger partial charge < -0.3 is 19.1 Å². The van der Waals surface area contributed by atoms with Gasteiger partial charge in [0, 0.05) is 31.5 Å². The highest BCUT2D eigenvalue weighted by Crippen LogP contribution is 2.42. The Morgan fingerprint density at radius 1 is 0.971 bits per heavy atom. The highest BCUT2D eigenvalue weighted by molar-refractivity contribution is 5.89. The molecule has 1 amide bonds. The molecule has 2 aliphatic rings. The molecule has 0 unspecified atom stereocenters. The SMILES string of the molecule is COc1ccc(-c2nccc([C@H]3CCCN3C(=O)C3(c4ccc(OC)cc4)CCOCC3)n2)cc1. The maximum Gasteiger partial charge on any atom is 0.233 e. The number of likely N-dealkylation sites (tertiary alicyclic amines) is 1. The van der Waals surface area contributed by atoms with Gasteiger partial charge in [-0.15, -0.1) is 0 Å². The van der Waals surface area contributed by atoms with E-state index in [1.165, 1.54) is 0 Å². The van der Waals surface area contributed by atoms with E-state index in [9.17, 15) is 4.79 Å². The summed E-state index contributed by atoms with van der Waals surface area (Å²) in [6.07, 6.45) is 4.97. The molecule has 0 spiro atoms. The molecule has 7 nitrogen and oxygen atoms in total. The van der Waals surface area contributed by atoms with Gasteiger partial charge in [-0.25, -0.2) is 9.97 Å². The first kappa shape index (κ1) is 23.3. The van der Waals surface area contributed by atoms with Crippen LogP contribution in [0.1, 0.15) is 43.0 Å². The van der Waals surface area contributed by atoms with Crippen molar-refractivity contribution in [2.75, 3.05) is 34.0 Å². The molecule has 1 atom stereocenters. The maximum atomic E-state index is 14.3. The van der Waals surface area contributed by atoms with E-state index in [0.29, 0.717) is 31.9 Å². The number of amides is 1. The molecule has 2 aliphatic heterocycles. The zero-order valence-electron chi connectivity index (χ0n) is 20.3. The highest BCUT2D eigenvalue weighted by atomic mass is 16.5. The third-order valence-corrected chi connectivity index (χ3v) is 7.28. The molecule has 5 rings (SSSR count). The average molecular weight is 474 g/mol. The number of benzene rings is 2. The quantitative estimate of drug-likeness (QED) is 0.522. The smallest absolute Gasteiger partial charge is 0.233 e. The molecule has 0 N–H and O–H groups in total. The van der Waals surface area contributed by atoms with Crippen LogP contribution in [0.2, 0.25) is 0 Å². The van der Waals surface area contributed by atoms with Gasteiger partial charge in [0.15, 0.2) is 5.82 Å². The fourth-order valence-corrected chi connectivity index (χ4v) is 5.29. The van der Waals surface area contributed by atoms with Crippen LogP contribution >= 0.6 is 0 Å². The lowest BCUT2D eigenvalue weighted by atomic mass is 9.72.